The number of aromatic amines is 1. The molecule has 0 amide bonds. The summed E-state index contributed by atoms with van der Waals surface area (Å²) in [6.07, 6.45) is 7.09. The van der Waals surface area contributed by atoms with Crippen molar-refractivity contribution in [2.75, 3.05) is 12.4 Å². The highest BCUT2D eigenvalue weighted by Gasteiger charge is 2.47. The number of fused-ring (bicyclic) bond motifs is 4. The molecule has 0 aromatic carbocycles. The number of rotatable bonds is 4. The van der Waals surface area contributed by atoms with Crippen LogP contribution in [0.4, 0.5) is 10.2 Å². The van der Waals surface area contributed by atoms with E-state index in [0.29, 0.717) is 40.2 Å². The molecule has 3 fully saturated rings. The molecule has 0 saturated heterocycles. The molecule has 0 spiro atoms. The van der Waals surface area contributed by atoms with E-state index in [4.69, 9.17) is 4.74 Å². The van der Waals surface area contributed by atoms with Crippen LogP contribution in [0.1, 0.15) is 25.7 Å². The van der Waals surface area contributed by atoms with Gasteiger partial charge in [-0.3, -0.25) is 9.89 Å². The first-order chi connectivity index (χ1) is 14.1. The minimum Gasteiger partial charge on any atom is -0.469 e. The summed E-state index contributed by atoms with van der Waals surface area (Å²) in [6, 6.07) is 3.11. The molecule has 3 aromatic rings. The lowest BCUT2D eigenvalue weighted by Crippen LogP contribution is -2.51. The Hall–Kier alpha value is -3.10. The molecule has 0 aliphatic heterocycles. The van der Waals surface area contributed by atoms with Crippen molar-refractivity contribution in [1.82, 2.24) is 25.1 Å². The van der Waals surface area contributed by atoms with Gasteiger partial charge in [-0.25, -0.2) is 19.3 Å². The lowest BCUT2D eigenvalue weighted by Gasteiger charge is -2.47. The molecule has 1 unspecified atom stereocenters. The zero-order chi connectivity index (χ0) is 20.0. The van der Waals surface area contributed by atoms with Gasteiger partial charge in [0.15, 0.2) is 11.5 Å². The van der Waals surface area contributed by atoms with Gasteiger partial charge in [0.05, 0.1) is 24.6 Å². The summed E-state index contributed by atoms with van der Waals surface area (Å²) < 4.78 is 18.7. The molecule has 150 valence electrons. The van der Waals surface area contributed by atoms with Gasteiger partial charge in [0, 0.05) is 12.2 Å². The van der Waals surface area contributed by atoms with Gasteiger partial charge in [-0.1, -0.05) is 0 Å². The lowest BCUT2D eigenvalue weighted by atomic mass is 9.61. The molecule has 3 aliphatic rings. The average molecular weight is 396 g/mol. The summed E-state index contributed by atoms with van der Waals surface area (Å²) in [5.41, 5.74) is 0.907. The summed E-state index contributed by atoms with van der Waals surface area (Å²) in [4.78, 5) is 25.3. The monoisotopic (exact) mass is 396 g/mol. The molecule has 2 bridgehead atoms. The van der Waals surface area contributed by atoms with Crippen LogP contribution in [0.25, 0.3) is 22.6 Å². The molecule has 6 rings (SSSR count). The highest BCUT2D eigenvalue weighted by molar-refractivity contribution is 5.88. The SMILES string of the molecule is COC(=O)[C@@H]1C2CCC(CC2)C1Nc1ccnc(-c2n[nH]c3ncc(F)cc23)n1. The van der Waals surface area contributed by atoms with Crippen LogP contribution < -0.4 is 5.32 Å². The quantitative estimate of drug-likeness (QED) is 0.653. The smallest absolute Gasteiger partial charge is 0.311 e. The van der Waals surface area contributed by atoms with Crippen molar-refractivity contribution in [2.24, 2.45) is 17.8 Å². The molecule has 8 nitrogen and oxygen atoms in total. The van der Waals surface area contributed by atoms with Gasteiger partial charge < -0.3 is 10.1 Å². The zero-order valence-corrected chi connectivity index (χ0v) is 15.9. The number of nitrogens with zero attached hydrogens (tertiary/aromatic N) is 4. The van der Waals surface area contributed by atoms with E-state index >= 15 is 0 Å². The molecule has 3 aromatic heterocycles. The van der Waals surface area contributed by atoms with Crippen LogP contribution in [0.2, 0.25) is 0 Å². The van der Waals surface area contributed by atoms with Gasteiger partial charge in [-0.2, -0.15) is 5.10 Å². The molecule has 3 aliphatic carbocycles. The van der Waals surface area contributed by atoms with Gasteiger partial charge in [-0.15, -0.1) is 0 Å². The van der Waals surface area contributed by atoms with E-state index in [1.165, 1.54) is 13.2 Å². The topological polar surface area (TPSA) is 106 Å². The van der Waals surface area contributed by atoms with E-state index in [1.54, 1.807) is 12.3 Å². The third-order valence-corrected chi connectivity index (χ3v) is 6.26. The molecule has 0 radical (unpaired) electrons. The Bertz CT molecular complexity index is 1060. The van der Waals surface area contributed by atoms with E-state index < -0.39 is 5.82 Å². The summed E-state index contributed by atoms with van der Waals surface area (Å²) in [5.74, 6) is 0.948. The van der Waals surface area contributed by atoms with Crippen LogP contribution >= 0.6 is 0 Å². The number of hydrogen-bond acceptors (Lipinski definition) is 7. The Balaban J connectivity index is 1.46. The number of halogens is 1. The van der Waals surface area contributed by atoms with Crippen molar-refractivity contribution >= 4 is 22.8 Å². The van der Waals surface area contributed by atoms with Crippen molar-refractivity contribution in [3.63, 3.8) is 0 Å². The second kappa shape index (κ2) is 7.06. The fourth-order valence-corrected chi connectivity index (χ4v) is 4.90. The van der Waals surface area contributed by atoms with Crippen molar-refractivity contribution < 1.29 is 13.9 Å². The van der Waals surface area contributed by atoms with E-state index in [2.05, 4.69) is 30.5 Å². The normalized spacial score (nSPS) is 25.9. The number of carbonyl (C=O) groups excluding carboxylic acids is 1. The Kier molecular flexibility index (Phi) is 4.37. The average Bonchev–Trinajstić information content (AvgIpc) is 3.17. The van der Waals surface area contributed by atoms with Crippen LogP contribution in [0.5, 0.6) is 0 Å². The fraction of sp³-hybridized carbons (Fsp3) is 0.450. The maximum atomic E-state index is 13.6. The summed E-state index contributed by atoms with van der Waals surface area (Å²) >= 11 is 0. The van der Waals surface area contributed by atoms with Gasteiger partial charge in [0.25, 0.3) is 0 Å². The van der Waals surface area contributed by atoms with Gasteiger partial charge >= 0.3 is 5.97 Å². The number of anilines is 1. The summed E-state index contributed by atoms with van der Waals surface area (Å²) in [7, 11) is 1.44. The number of esters is 1. The van der Waals surface area contributed by atoms with Crippen LogP contribution in [0, 0.1) is 23.6 Å². The number of hydrogen-bond donors (Lipinski definition) is 2. The maximum Gasteiger partial charge on any atom is 0.311 e. The van der Waals surface area contributed by atoms with E-state index in [0.717, 1.165) is 31.9 Å². The van der Waals surface area contributed by atoms with E-state index in [9.17, 15) is 9.18 Å². The van der Waals surface area contributed by atoms with Crippen LogP contribution in [-0.4, -0.2) is 44.3 Å². The molecule has 9 heteroatoms. The van der Waals surface area contributed by atoms with Crippen molar-refractivity contribution in [1.29, 1.82) is 0 Å². The molecule has 2 N–H and O–H groups in total. The second-order valence-corrected chi connectivity index (χ2v) is 7.78. The molecule has 29 heavy (non-hydrogen) atoms. The Morgan fingerprint density at radius 3 is 2.83 bits per heavy atom. The molecule has 3 heterocycles. The van der Waals surface area contributed by atoms with Gasteiger partial charge in [0.2, 0.25) is 0 Å². The highest BCUT2D eigenvalue weighted by Crippen LogP contribution is 2.46. The Labute approximate surface area is 166 Å². The second-order valence-electron chi connectivity index (χ2n) is 7.78. The maximum absolute atomic E-state index is 13.6. The predicted octanol–water partition coefficient (Wildman–Crippen LogP) is 2.94. The van der Waals surface area contributed by atoms with Crippen molar-refractivity contribution in [3.8, 4) is 11.5 Å². The summed E-state index contributed by atoms with van der Waals surface area (Å²) in [5, 5.41) is 11.0. The first-order valence-electron chi connectivity index (χ1n) is 9.81. The number of aromatic nitrogens is 5. The lowest BCUT2D eigenvalue weighted by molar-refractivity contribution is -0.152. The fourth-order valence-electron chi connectivity index (χ4n) is 4.90. The molecule has 2 atom stereocenters. The van der Waals surface area contributed by atoms with E-state index in [1.807, 2.05) is 0 Å². The number of ether oxygens (including phenoxy) is 1. The Morgan fingerprint density at radius 2 is 2.03 bits per heavy atom. The number of carbonyl (C=O) groups is 1. The number of nitrogens with one attached hydrogen (secondary N) is 2. The molecular formula is C20H21FN6O2. The first-order valence-corrected chi connectivity index (χ1v) is 9.81. The minimum atomic E-state index is -0.450. The van der Waals surface area contributed by atoms with Crippen LogP contribution in [0.15, 0.2) is 24.5 Å². The number of H-pyrrole nitrogens is 1. The van der Waals surface area contributed by atoms with Gasteiger partial charge in [0.1, 0.15) is 17.3 Å². The largest absolute Gasteiger partial charge is 0.469 e. The zero-order valence-electron chi connectivity index (χ0n) is 15.9. The van der Waals surface area contributed by atoms with E-state index in [-0.39, 0.29) is 17.9 Å². The van der Waals surface area contributed by atoms with Crippen molar-refractivity contribution in [3.05, 3.63) is 30.3 Å². The Morgan fingerprint density at radius 1 is 1.24 bits per heavy atom. The number of pyridine rings is 1. The van der Waals surface area contributed by atoms with Crippen LogP contribution in [0.3, 0.4) is 0 Å². The minimum absolute atomic E-state index is 0.0206. The first kappa shape index (κ1) is 18.0. The van der Waals surface area contributed by atoms with Gasteiger partial charge in [-0.05, 0) is 49.7 Å². The van der Waals surface area contributed by atoms with Crippen LogP contribution in [-0.2, 0) is 9.53 Å². The highest BCUT2D eigenvalue weighted by atomic mass is 19.1. The third kappa shape index (κ3) is 3.10. The third-order valence-electron chi connectivity index (χ3n) is 6.26. The molecular weight excluding hydrogens is 375 g/mol. The standard InChI is InChI=1S/C20H21FN6O2/c1-29-20(28)15-10-2-4-11(5-3-10)16(15)24-14-6-7-22-19(25-14)17-13-8-12(21)9-23-18(13)27-26-17/h6-11,15-16H,2-5H2,1H3,(H,22,24,25)(H,23,26,27)/t10?,11?,15-,16?/m1/s1. The van der Waals surface area contributed by atoms with Crippen molar-refractivity contribution in [2.45, 2.75) is 31.7 Å². The molecule has 3 saturated carbocycles. The summed E-state index contributed by atoms with van der Waals surface area (Å²) in [6.45, 7) is 0. The predicted molar refractivity (Wildman–Crippen MR) is 103 cm³/mol. The number of methoxy groups -OCH3 is 1.